The molecule has 25 heavy (non-hydrogen) atoms. The fourth-order valence-electron chi connectivity index (χ4n) is 3.26. The number of sulfonamides is 1. The highest BCUT2D eigenvalue weighted by Gasteiger charge is 2.23. The molecule has 134 valence electrons. The van der Waals surface area contributed by atoms with Crippen molar-refractivity contribution in [3.8, 4) is 11.5 Å². The number of ether oxygens (including phenoxy) is 2. The number of aryl methyl sites for hydroxylation is 2. The van der Waals surface area contributed by atoms with E-state index >= 15 is 0 Å². The second-order valence-corrected chi connectivity index (χ2v) is 7.95. The van der Waals surface area contributed by atoms with Gasteiger partial charge in [-0.15, -0.1) is 0 Å². The maximum atomic E-state index is 12.8. The fraction of sp³-hybridized carbons (Fsp3) is 0.368. The first-order valence-electron chi connectivity index (χ1n) is 8.30. The van der Waals surface area contributed by atoms with Gasteiger partial charge >= 0.3 is 0 Å². The fourth-order valence-corrected chi connectivity index (χ4v) is 4.53. The predicted octanol–water partition coefficient (Wildman–Crippen LogP) is 3.23. The average Bonchev–Trinajstić information content (AvgIpc) is 3.08. The summed E-state index contributed by atoms with van der Waals surface area (Å²) in [4.78, 5) is 0.307. The first kappa shape index (κ1) is 17.8. The summed E-state index contributed by atoms with van der Waals surface area (Å²) in [7, 11) is -0.483. The van der Waals surface area contributed by atoms with Crippen LogP contribution in [0.1, 0.15) is 36.1 Å². The summed E-state index contributed by atoms with van der Waals surface area (Å²) in [5.41, 5.74) is 3.11. The summed E-state index contributed by atoms with van der Waals surface area (Å²) in [6.45, 7) is 1.79. The second kappa shape index (κ2) is 7.06. The van der Waals surface area contributed by atoms with Crippen LogP contribution in [0, 0.1) is 0 Å². The van der Waals surface area contributed by atoms with Crippen LogP contribution in [0.15, 0.2) is 41.3 Å². The minimum atomic E-state index is -3.62. The van der Waals surface area contributed by atoms with Crippen LogP contribution in [-0.2, 0) is 22.9 Å². The van der Waals surface area contributed by atoms with Crippen LogP contribution >= 0.6 is 0 Å². The van der Waals surface area contributed by atoms with Crippen LogP contribution in [-0.4, -0.2) is 22.6 Å². The molecule has 6 heteroatoms. The van der Waals surface area contributed by atoms with Crippen molar-refractivity contribution >= 4 is 10.0 Å². The van der Waals surface area contributed by atoms with Gasteiger partial charge in [0.1, 0.15) is 11.5 Å². The van der Waals surface area contributed by atoms with Gasteiger partial charge in [-0.05, 0) is 67.6 Å². The first-order valence-corrected chi connectivity index (χ1v) is 9.79. The molecule has 1 aliphatic rings. The summed E-state index contributed by atoms with van der Waals surface area (Å²) in [6.07, 6.45) is 3.06. The zero-order chi connectivity index (χ0) is 18.0. The number of fused-ring (bicyclic) bond motifs is 1. The maximum Gasteiger partial charge on any atom is 0.241 e. The number of hydrogen-bond donors (Lipinski definition) is 1. The minimum absolute atomic E-state index is 0.307. The smallest absolute Gasteiger partial charge is 0.241 e. The minimum Gasteiger partial charge on any atom is -0.497 e. The lowest BCUT2D eigenvalue weighted by Crippen LogP contribution is -2.27. The van der Waals surface area contributed by atoms with Gasteiger partial charge in [0.05, 0.1) is 19.1 Å². The van der Waals surface area contributed by atoms with E-state index in [1.807, 2.05) is 6.07 Å². The van der Waals surface area contributed by atoms with Crippen LogP contribution in [0.4, 0.5) is 0 Å². The van der Waals surface area contributed by atoms with E-state index < -0.39 is 16.1 Å². The van der Waals surface area contributed by atoms with Crippen LogP contribution in [0.5, 0.6) is 11.5 Å². The van der Waals surface area contributed by atoms with E-state index in [1.54, 1.807) is 51.5 Å². The topological polar surface area (TPSA) is 64.6 Å². The zero-order valence-electron chi connectivity index (χ0n) is 14.7. The number of nitrogens with one attached hydrogen (secondary N) is 1. The van der Waals surface area contributed by atoms with Gasteiger partial charge in [-0.1, -0.05) is 6.07 Å². The van der Waals surface area contributed by atoms with Crippen molar-refractivity contribution in [1.29, 1.82) is 0 Å². The summed E-state index contributed by atoms with van der Waals surface area (Å²) < 4.78 is 38.9. The Hall–Kier alpha value is -2.05. The molecule has 0 amide bonds. The molecule has 0 bridgehead atoms. The predicted molar refractivity (Wildman–Crippen MR) is 96.7 cm³/mol. The Morgan fingerprint density at radius 3 is 2.48 bits per heavy atom. The van der Waals surface area contributed by atoms with Crippen molar-refractivity contribution in [1.82, 2.24) is 4.72 Å². The molecule has 2 aromatic carbocycles. The van der Waals surface area contributed by atoms with E-state index in [-0.39, 0.29) is 0 Å². The molecule has 0 radical (unpaired) electrons. The molecule has 0 spiro atoms. The molecule has 0 saturated heterocycles. The van der Waals surface area contributed by atoms with E-state index in [4.69, 9.17) is 9.47 Å². The molecule has 1 aliphatic carbocycles. The highest BCUT2D eigenvalue weighted by atomic mass is 32.2. The number of benzene rings is 2. The quantitative estimate of drug-likeness (QED) is 0.858. The molecule has 0 aliphatic heterocycles. The van der Waals surface area contributed by atoms with E-state index in [9.17, 15) is 8.42 Å². The molecule has 0 unspecified atom stereocenters. The van der Waals surface area contributed by atoms with Crippen molar-refractivity contribution in [2.75, 3.05) is 14.2 Å². The monoisotopic (exact) mass is 361 g/mol. The van der Waals surface area contributed by atoms with Crippen LogP contribution in [0.3, 0.4) is 0 Å². The highest BCUT2D eigenvalue weighted by Crippen LogP contribution is 2.31. The largest absolute Gasteiger partial charge is 0.497 e. The van der Waals surface area contributed by atoms with Gasteiger partial charge in [-0.2, -0.15) is 0 Å². The third-order valence-corrected chi connectivity index (χ3v) is 6.15. The molecular weight excluding hydrogens is 338 g/mol. The Bertz CT molecular complexity index is 877. The summed E-state index contributed by atoms with van der Waals surface area (Å²) in [5, 5.41) is 0. The van der Waals surface area contributed by atoms with Gasteiger partial charge in [0, 0.05) is 11.6 Å². The normalized spacial score (nSPS) is 14.8. The average molecular weight is 361 g/mol. The summed E-state index contributed by atoms with van der Waals surface area (Å²) in [5.74, 6) is 1.27. The van der Waals surface area contributed by atoms with Crippen molar-refractivity contribution in [3.05, 3.63) is 53.1 Å². The van der Waals surface area contributed by atoms with Gasteiger partial charge < -0.3 is 9.47 Å². The van der Waals surface area contributed by atoms with Crippen molar-refractivity contribution < 1.29 is 17.9 Å². The Morgan fingerprint density at radius 1 is 1.00 bits per heavy atom. The van der Waals surface area contributed by atoms with Gasteiger partial charge in [0.15, 0.2) is 0 Å². The molecule has 5 nitrogen and oxygen atoms in total. The van der Waals surface area contributed by atoms with Gasteiger partial charge in [-0.25, -0.2) is 13.1 Å². The zero-order valence-corrected chi connectivity index (χ0v) is 15.5. The van der Waals surface area contributed by atoms with Crippen molar-refractivity contribution in [2.45, 2.75) is 37.1 Å². The van der Waals surface area contributed by atoms with Crippen LogP contribution in [0.2, 0.25) is 0 Å². The highest BCUT2D eigenvalue weighted by molar-refractivity contribution is 7.89. The molecule has 0 aromatic heterocycles. The first-order chi connectivity index (χ1) is 11.9. The maximum absolute atomic E-state index is 12.8. The van der Waals surface area contributed by atoms with Gasteiger partial charge in [0.25, 0.3) is 0 Å². The van der Waals surface area contributed by atoms with Gasteiger partial charge in [-0.3, -0.25) is 0 Å². The van der Waals surface area contributed by atoms with Crippen LogP contribution in [0.25, 0.3) is 0 Å². The third kappa shape index (κ3) is 3.65. The Morgan fingerprint density at radius 2 is 1.76 bits per heavy atom. The van der Waals surface area contributed by atoms with Crippen LogP contribution < -0.4 is 14.2 Å². The van der Waals surface area contributed by atoms with E-state index in [0.29, 0.717) is 16.4 Å². The van der Waals surface area contributed by atoms with E-state index in [2.05, 4.69) is 4.72 Å². The SMILES string of the molecule is COc1ccc(OC)c([C@H](C)NS(=O)(=O)c2ccc3c(c2)CCC3)c1. The molecule has 3 rings (SSSR count). The molecule has 0 fully saturated rings. The lowest BCUT2D eigenvalue weighted by atomic mass is 10.1. The summed E-state index contributed by atoms with van der Waals surface area (Å²) in [6, 6.07) is 10.3. The molecule has 0 saturated carbocycles. The lowest BCUT2D eigenvalue weighted by Gasteiger charge is -2.18. The molecule has 2 aromatic rings. The lowest BCUT2D eigenvalue weighted by molar-refractivity contribution is 0.395. The number of rotatable bonds is 6. The Labute approximate surface area is 149 Å². The van der Waals surface area contributed by atoms with E-state index in [0.717, 1.165) is 30.4 Å². The number of hydrogen-bond acceptors (Lipinski definition) is 4. The molecular formula is C19H23NO4S. The molecule has 1 N–H and O–H groups in total. The van der Waals surface area contributed by atoms with Gasteiger partial charge in [0.2, 0.25) is 10.0 Å². The van der Waals surface area contributed by atoms with E-state index in [1.165, 1.54) is 5.56 Å². The second-order valence-electron chi connectivity index (χ2n) is 6.23. The summed E-state index contributed by atoms with van der Waals surface area (Å²) >= 11 is 0. The Kier molecular flexibility index (Phi) is 5.01. The molecule has 0 heterocycles. The third-order valence-electron chi connectivity index (χ3n) is 4.62. The molecule has 1 atom stereocenters. The standard InChI is InChI=1S/C19H23NO4S/c1-13(18-12-16(23-2)8-10-19(18)24-3)20-25(21,22)17-9-7-14-5-4-6-15(14)11-17/h7-13,20H,4-6H2,1-3H3/t13-/m0/s1. The van der Waals surface area contributed by atoms with Crippen molar-refractivity contribution in [2.24, 2.45) is 0 Å². The van der Waals surface area contributed by atoms with Crippen molar-refractivity contribution in [3.63, 3.8) is 0 Å². The Balaban J connectivity index is 1.88. The number of methoxy groups -OCH3 is 2.